The lowest BCUT2D eigenvalue weighted by Crippen LogP contribution is -1.51. The van der Waals surface area contributed by atoms with Crippen molar-refractivity contribution in [3.8, 4) is 0 Å². The van der Waals surface area contributed by atoms with Gasteiger partial charge in [-0.05, 0) is 15.9 Å². The van der Waals surface area contributed by atoms with Crippen LogP contribution in [0.25, 0.3) is 0 Å². The van der Waals surface area contributed by atoms with Gasteiger partial charge in [-0.3, -0.25) is 0 Å². The Morgan fingerprint density at radius 2 is 2.12 bits per heavy atom. The lowest BCUT2D eigenvalue weighted by atomic mass is 10.7. The summed E-state index contributed by atoms with van der Waals surface area (Å²) in [6.45, 7) is 0. The fourth-order valence-corrected chi connectivity index (χ4v) is 1.95. The highest BCUT2D eigenvalue weighted by Crippen LogP contribution is 2.35. The predicted molar refractivity (Wildman–Crippen MR) is 42.0 cm³/mol. The zero-order valence-electron chi connectivity index (χ0n) is 3.62. The van der Waals surface area contributed by atoms with E-state index in [0.717, 1.165) is 4.47 Å². The zero-order valence-corrected chi connectivity index (χ0v) is 7.53. The minimum absolute atomic E-state index is 0.681. The third-order valence-corrected chi connectivity index (χ3v) is 3.84. The highest BCUT2D eigenvalue weighted by Gasteiger charge is 2.02. The fraction of sp³-hybridized carbons (Fsp3) is 0. The van der Waals surface area contributed by atoms with Crippen molar-refractivity contribution in [1.29, 1.82) is 0 Å². The van der Waals surface area contributed by atoms with E-state index in [-0.39, 0.29) is 0 Å². The Labute approximate surface area is 69.5 Å². The van der Waals surface area contributed by atoms with Crippen molar-refractivity contribution in [3.63, 3.8) is 0 Å². The molecular formula is C4HBrCl2S. The van der Waals surface area contributed by atoms with E-state index in [9.17, 15) is 0 Å². The largest absolute Gasteiger partial charge is 0.129 e. The molecule has 0 bridgehead atoms. The molecule has 44 valence electrons. The summed E-state index contributed by atoms with van der Waals surface area (Å²) in [6.07, 6.45) is 0. The summed E-state index contributed by atoms with van der Waals surface area (Å²) < 4.78 is 1.50. The lowest BCUT2D eigenvalue weighted by molar-refractivity contribution is 1.89. The number of thiophene rings is 1. The molecule has 0 aliphatic heterocycles. The van der Waals surface area contributed by atoms with Gasteiger partial charge in [0.25, 0.3) is 0 Å². The topological polar surface area (TPSA) is 0 Å². The summed E-state index contributed by atoms with van der Waals surface area (Å²) in [7, 11) is 0. The van der Waals surface area contributed by atoms with Gasteiger partial charge in [-0.15, -0.1) is 11.3 Å². The molecule has 0 aliphatic carbocycles. The molecule has 0 N–H and O–H groups in total. The molecule has 0 fully saturated rings. The smallest absolute Gasteiger partial charge is 0.109 e. The maximum absolute atomic E-state index is 5.62. The van der Waals surface area contributed by atoms with Gasteiger partial charge in [0.2, 0.25) is 0 Å². The normalized spacial score (nSPS) is 9.88. The molecule has 0 amide bonds. The first kappa shape index (κ1) is 6.87. The van der Waals surface area contributed by atoms with Crippen LogP contribution in [-0.4, -0.2) is 0 Å². The van der Waals surface area contributed by atoms with Crippen LogP contribution in [0, 0.1) is 0 Å². The van der Waals surface area contributed by atoms with Crippen molar-refractivity contribution < 1.29 is 0 Å². The molecule has 0 saturated heterocycles. The Morgan fingerprint density at radius 3 is 2.25 bits per heavy atom. The maximum Gasteiger partial charge on any atom is 0.109 e. The van der Waals surface area contributed by atoms with Crippen molar-refractivity contribution in [2.45, 2.75) is 0 Å². The number of hydrogen-bond acceptors (Lipinski definition) is 1. The lowest BCUT2D eigenvalue weighted by Gasteiger charge is -1.79. The first-order valence-corrected chi connectivity index (χ1v) is 4.22. The van der Waals surface area contributed by atoms with Gasteiger partial charge in [0.15, 0.2) is 0 Å². The SMILES string of the molecule is Clc1csc(Cl)c1Br. The Kier molecular flexibility index (Phi) is 2.20. The first-order chi connectivity index (χ1) is 3.72. The van der Waals surface area contributed by atoms with Gasteiger partial charge >= 0.3 is 0 Å². The van der Waals surface area contributed by atoms with Crippen molar-refractivity contribution >= 4 is 50.5 Å². The molecule has 0 spiro atoms. The van der Waals surface area contributed by atoms with E-state index in [1.807, 2.05) is 0 Å². The van der Waals surface area contributed by atoms with E-state index >= 15 is 0 Å². The molecule has 0 nitrogen and oxygen atoms in total. The molecule has 0 radical (unpaired) electrons. The fourth-order valence-electron chi connectivity index (χ4n) is 0.301. The molecule has 0 saturated carbocycles. The molecule has 0 aromatic carbocycles. The second-order valence-electron chi connectivity index (χ2n) is 1.17. The molecule has 1 rings (SSSR count). The summed E-state index contributed by atoms with van der Waals surface area (Å²) in [6, 6.07) is 0. The summed E-state index contributed by atoms with van der Waals surface area (Å²) >= 11 is 15.8. The standard InChI is InChI=1S/C4HBrCl2S/c5-3-2(6)1-8-4(3)7/h1H. The molecule has 0 unspecified atom stereocenters. The second-order valence-corrected chi connectivity index (χ2v) is 3.85. The van der Waals surface area contributed by atoms with Gasteiger partial charge in [-0.2, -0.15) is 0 Å². The van der Waals surface area contributed by atoms with E-state index < -0.39 is 0 Å². The van der Waals surface area contributed by atoms with Crippen molar-refractivity contribution in [2.75, 3.05) is 0 Å². The van der Waals surface area contributed by atoms with Crippen LogP contribution in [0.1, 0.15) is 0 Å². The van der Waals surface area contributed by atoms with Crippen LogP contribution in [0.3, 0.4) is 0 Å². The van der Waals surface area contributed by atoms with Gasteiger partial charge in [-0.25, -0.2) is 0 Å². The number of rotatable bonds is 0. The third kappa shape index (κ3) is 1.18. The molecule has 0 atom stereocenters. The molecule has 0 aliphatic rings. The van der Waals surface area contributed by atoms with Crippen molar-refractivity contribution in [3.05, 3.63) is 19.2 Å². The van der Waals surface area contributed by atoms with Crippen LogP contribution >= 0.6 is 50.5 Å². The van der Waals surface area contributed by atoms with Gasteiger partial charge in [0, 0.05) is 5.38 Å². The molecular weight excluding hydrogens is 231 g/mol. The quantitative estimate of drug-likeness (QED) is 0.637. The Balaban J connectivity index is 3.19. The van der Waals surface area contributed by atoms with Gasteiger partial charge < -0.3 is 0 Å². The molecule has 4 heteroatoms. The van der Waals surface area contributed by atoms with E-state index in [1.165, 1.54) is 11.3 Å². The predicted octanol–water partition coefficient (Wildman–Crippen LogP) is 3.82. The highest BCUT2D eigenvalue weighted by molar-refractivity contribution is 9.10. The molecule has 8 heavy (non-hydrogen) atoms. The summed E-state index contributed by atoms with van der Waals surface area (Å²) in [5.74, 6) is 0. The van der Waals surface area contributed by atoms with Gasteiger partial charge in [-0.1, -0.05) is 23.2 Å². The van der Waals surface area contributed by atoms with Crippen LogP contribution in [0.2, 0.25) is 9.36 Å². The van der Waals surface area contributed by atoms with Crippen LogP contribution in [0.15, 0.2) is 9.85 Å². The zero-order chi connectivity index (χ0) is 6.15. The summed E-state index contributed by atoms with van der Waals surface area (Å²) in [5, 5.41) is 2.47. The Bertz CT molecular complexity index is 176. The third-order valence-electron chi connectivity index (χ3n) is 0.648. The Hall–Kier alpha value is 0.760. The van der Waals surface area contributed by atoms with Crippen LogP contribution in [0.4, 0.5) is 0 Å². The number of halogens is 3. The first-order valence-electron chi connectivity index (χ1n) is 1.80. The van der Waals surface area contributed by atoms with Crippen molar-refractivity contribution in [1.82, 2.24) is 0 Å². The molecule has 1 aromatic heterocycles. The van der Waals surface area contributed by atoms with E-state index in [0.29, 0.717) is 9.36 Å². The van der Waals surface area contributed by atoms with E-state index in [2.05, 4.69) is 15.9 Å². The highest BCUT2D eigenvalue weighted by atomic mass is 79.9. The van der Waals surface area contributed by atoms with Gasteiger partial charge in [0.05, 0.1) is 9.50 Å². The summed E-state index contributed by atoms with van der Waals surface area (Å²) in [5.41, 5.74) is 0. The maximum atomic E-state index is 5.62. The van der Waals surface area contributed by atoms with E-state index in [4.69, 9.17) is 23.2 Å². The van der Waals surface area contributed by atoms with E-state index in [1.54, 1.807) is 5.38 Å². The second kappa shape index (κ2) is 2.56. The number of hydrogen-bond donors (Lipinski definition) is 0. The van der Waals surface area contributed by atoms with Gasteiger partial charge in [0.1, 0.15) is 4.34 Å². The minimum Gasteiger partial charge on any atom is -0.129 e. The van der Waals surface area contributed by atoms with Crippen molar-refractivity contribution in [2.24, 2.45) is 0 Å². The Morgan fingerprint density at radius 1 is 1.50 bits per heavy atom. The average molecular weight is 232 g/mol. The van der Waals surface area contributed by atoms with Crippen LogP contribution < -0.4 is 0 Å². The van der Waals surface area contributed by atoms with Crippen LogP contribution in [0.5, 0.6) is 0 Å². The van der Waals surface area contributed by atoms with Crippen LogP contribution in [-0.2, 0) is 0 Å². The molecule has 1 aromatic rings. The minimum atomic E-state index is 0.681. The molecule has 1 heterocycles. The average Bonchev–Trinajstić information content (AvgIpc) is 1.98. The monoisotopic (exact) mass is 230 g/mol. The summed E-state index contributed by atoms with van der Waals surface area (Å²) in [4.78, 5) is 0.